The maximum absolute atomic E-state index is 14.5. The van der Waals surface area contributed by atoms with Crippen molar-refractivity contribution < 1.29 is 9.53 Å². The van der Waals surface area contributed by atoms with Gasteiger partial charge in [0.25, 0.3) is 0 Å². The van der Waals surface area contributed by atoms with Crippen LogP contribution in [0.1, 0.15) is 75.0 Å². The topological polar surface area (TPSA) is 41.6 Å². The molecule has 4 heteroatoms. The van der Waals surface area contributed by atoms with E-state index in [1.165, 1.54) is 16.7 Å². The van der Waals surface area contributed by atoms with E-state index in [0.29, 0.717) is 23.8 Å². The highest BCUT2D eigenvalue weighted by Crippen LogP contribution is 2.48. The number of ether oxygens (including phenoxy) is 1. The summed E-state index contributed by atoms with van der Waals surface area (Å²) in [7, 11) is 1.77. The summed E-state index contributed by atoms with van der Waals surface area (Å²) in [4.78, 5) is 16.8. The zero-order valence-corrected chi connectivity index (χ0v) is 21.8. The fourth-order valence-corrected chi connectivity index (χ4v) is 7.60. The number of carbonyl (C=O) groups excluding carboxylic acids is 1. The molecule has 2 aliphatic heterocycles. The summed E-state index contributed by atoms with van der Waals surface area (Å²) in [5.41, 5.74) is 3.99. The van der Waals surface area contributed by atoms with E-state index in [1.54, 1.807) is 7.11 Å². The molecular formula is C31H42N2O2. The van der Waals surface area contributed by atoms with E-state index in [4.69, 9.17) is 4.74 Å². The Bertz CT molecular complexity index is 1020. The van der Waals surface area contributed by atoms with Crippen molar-refractivity contribution in [2.75, 3.05) is 26.7 Å². The van der Waals surface area contributed by atoms with Crippen molar-refractivity contribution >= 4 is 5.91 Å². The lowest BCUT2D eigenvalue weighted by Crippen LogP contribution is -2.55. The lowest BCUT2D eigenvalue weighted by atomic mass is 9.63. The minimum atomic E-state index is -0.117. The van der Waals surface area contributed by atoms with E-state index in [1.807, 2.05) is 0 Å². The molecule has 0 bridgehead atoms. The lowest BCUT2D eigenvalue weighted by Gasteiger charge is -2.47. The van der Waals surface area contributed by atoms with Crippen LogP contribution in [0.3, 0.4) is 0 Å². The number of hydrogen-bond donors (Lipinski definition) is 1. The summed E-state index contributed by atoms with van der Waals surface area (Å²) in [6.45, 7) is 7.14. The molecule has 1 amide bonds. The maximum Gasteiger partial charge on any atom is 0.228 e. The molecule has 2 heterocycles. The smallest absolute Gasteiger partial charge is 0.228 e. The molecule has 3 aliphatic rings. The molecule has 0 saturated carbocycles. The first-order valence-corrected chi connectivity index (χ1v) is 13.9. The molecule has 0 radical (unpaired) electrons. The van der Waals surface area contributed by atoms with Crippen LogP contribution in [0.25, 0.3) is 0 Å². The quantitative estimate of drug-likeness (QED) is 0.584. The highest BCUT2D eigenvalue weighted by atomic mass is 16.5. The van der Waals surface area contributed by atoms with Crippen LogP contribution < -0.4 is 10.1 Å². The van der Waals surface area contributed by atoms with Crippen LogP contribution in [-0.4, -0.2) is 43.6 Å². The van der Waals surface area contributed by atoms with E-state index in [9.17, 15) is 4.79 Å². The molecule has 5 rings (SSSR count). The summed E-state index contributed by atoms with van der Waals surface area (Å²) < 4.78 is 5.74. The highest BCUT2D eigenvalue weighted by molar-refractivity contribution is 5.82. The molecule has 1 spiro atoms. The normalized spacial score (nSPS) is 28.3. The fourth-order valence-electron chi connectivity index (χ4n) is 7.60. The van der Waals surface area contributed by atoms with Gasteiger partial charge in [-0.1, -0.05) is 69.2 Å². The number of likely N-dealkylation sites (tertiary alicyclic amines) is 1. The highest BCUT2D eigenvalue weighted by Gasteiger charge is 2.52. The Kier molecular flexibility index (Phi) is 7.20. The van der Waals surface area contributed by atoms with Crippen LogP contribution in [-0.2, 0) is 16.6 Å². The van der Waals surface area contributed by atoms with Crippen molar-refractivity contribution in [3.8, 4) is 5.75 Å². The molecule has 4 nitrogen and oxygen atoms in total. The van der Waals surface area contributed by atoms with Gasteiger partial charge in [0.2, 0.25) is 5.91 Å². The van der Waals surface area contributed by atoms with Crippen molar-refractivity contribution in [2.24, 2.45) is 11.8 Å². The molecule has 1 N–H and O–H groups in total. The number of piperidine rings is 1. The first-order chi connectivity index (χ1) is 17.1. The van der Waals surface area contributed by atoms with Crippen molar-refractivity contribution in [1.82, 2.24) is 10.2 Å². The van der Waals surface area contributed by atoms with Crippen LogP contribution in [0.5, 0.6) is 5.75 Å². The SMILES string of the molecule is CCC(CC)[C@@H]1C[C@H](c2ccccc2)CCN1C(=O)[C@@H]1CNC[C@]12CCCc1c(OC)cccc12. The Hall–Kier alpha value is -2.33. The summed E-state index contributed by atoms with van der Waals surface area (Å²) in [5, 5.41) is 3.65. The molecule has 1 aliphatic carbocycles. The summed E-state index contributed by atoms with van der Waals surface area (Å²) >= 11 is 0. The minimum absolute atomic E-state index is 0.00112. The number of methoxy groups -OCH3 is 1. The number of nitrogens with one attached hydrogen (secondary N) is 1. The van der Waals surface area contributed by atoms with Crippen LogP contribution in [0.15, 0.2) is 48.5 Å². The van der Waals surface area contributed by atoms with Gasteiger partial charge < -0.3 is 15.0 Å². The van der Waals surface area contributed by atoms with Gasteiger partial charge in [-0.15, -0.1) is 0 Å². The van der Waals surface area contributed by atoms with Gasteiger partial charge in [-0.25, -0.2) is 0 Å². The molecular weight excluding hydrogens is 432 g/mol. The molecule has 2 aromatic rings. The van der Waals surface area contributed by atoms with Crippen LogP contribution >= 0.6 is 0 Å². The monoisotopic (exact) mass is 474 g/mol. The summed E-state index contributed by atoms with van der Waals surface area (Å²) in [5.74, 6) is 2.46. The van der Waals surface area contributed by atoms with Gasteiger partial charge in [-0.3, -0.25) is 4.79 Å². The van der Waals surface area contributed by atoms with Gasteiger partial charge in [-0.05, 0) is 66.7 Å². The lowest BCUT2D eigenvalue weighted by molar-refractivity contribution is -0.142. The van der Waals surface area contributed by atoms with E-state index < -0.39 is 0 Å². The zero-order chi connectivity index (χ0) is 24.4. The summed E-state index contributed by atoms with van der Waals surface area (Å²) in [6.07, 6.45) is 7.63. The average molecular weight is 475 g/mol. The minimum Gasteiger partial charge on any atom is -0.496 e. The molecule has 2 aromatic carbocycles. The Balaban J connectivity index is 1.46. The first kappa shape index (κ1) is 24.4. The Morgan fingerprint density at radius 2 is 1.94 bits per heavy atom. The Labute approximate surface area is 211 Å². The van der Waals surface area contributed by atoms with Crippen molar-refractivity contribution in [1.29, 1.82) is 0 Å². The third-order valence-corrected chi connectivity index (χ3v) is 9.48. The Morgan fingerprint density at radius 3 is 2.69 bits per heavy atom. The van der Waals surface area contributed by atoms with Gasteiger partial charge in [0, 0.05) is 31.1 Å². The second-order valence-electron chi connectivity index (χ2n) is 11.0. The van der Waals surface area contributed by atoms with E-state index >= 15 is 0 Å². The predicted octanol–water partition coefficient (Wildman–Crippen LogP) is 5.70. The van der Waals surface area contributed by atoms with Crippen LogP contribution in [0.2, 0.25) is 0 Å². The molecule has 0 aromatic heterocycles. The van der Waals surface area contributed by atoms with E-state index in [0.717, 1.165) is 70.3 Å². The zero-order valence-electron chi connectivity index (χ0n) is 21.8. The third-order valence-electron chi connectivity index (χ3n) is 9.48. The number of hydrogen-bond acceptors (Lipinski definition) is 3. The van der Waals surface area contributed by atoms with Gasteiger partial charge in [0.1, 0.15) is 5.75 Å². The molecule has 0 unspecified atom stereocenters. The van der Waals surface area contributed by atoms with Gasteiger partial charge in [-0.2, -0.15) is 0 Å². The van der Waals surface area contributed by atoms with Crippen molar-refractivity contribution in [3.63, 3.8) is 0 Å². The largest absolute Gasteiger partial charge is 0.496 e. The van der Waals surface area contributed by atoms with E-state index in [2.05, 4.69) is 72.6 Å². The van der Waals surface area contributed by atoms with Gasteiger partial charge in [0.05, 0.1) is 13.0 Å². The standard InChI is InChI=1S/C31H42N2O2/c1-4-22(5-2)28-19-24(23-11-7-6-8-12-23)16-18-33(28)30(34)27-20-32-21-31(27)17-10-13-25-26(31)14-9-15-29(25)35-3/h6-9,11-12,14-15,22,24,27-28,32H,4-5,10,13,16-21H2,1-3H3/t24-,27+,28+,31+/m1/s1. The van der Waals surface area contributed by atoms with Crippen molar-refractivity contribution in [2.45, 2.75) is 76.2 Å². The number of fused-ring (bicyclic) bond motifs is 2. The number of carbonyl (C=O) groups is 1. The number of rotatable bonds is 6. The second kappa shape index (κ2) is 10.3. The first-order valence-electron chi connectivity index (χ1n) is 13.9. The van der Waals surface area contributed by atoms with Crippen LogP contribution in [0.4, 0.5) is 0 Å². The van der Waals surface area contributed by atoms with Crippen molar-refractivity contribution in [3.05, 3.63) is 65.2 Å². The molecule has 4 atom stereocenters. The predicted molar refractivity (Wildman–Crippen MR) is 142 cm³/mol. The number of nitrogens with zero attached hydrogens (tertiary/aromatic N) is 1. The second-order valence-corrected chi connectivity index (χ2v) is 11.0. The Morgan fingerprint density at radius 1 is 1.14 bits per heavy atom. The number of amides is 1. The summed E-state index contributed by atoms with van der Waals surface area (Å²) in [6, 6.07) is 17.7. The maximum atomic E-state index is 14.5. The molecule has 2 saturated heterocycles. The average Bonchev–Trinajstić information content (AvgIpc) is 3.33. The molecule has 35 heavy (non-hydrogen) atoms. The van der Waals surface area contributed by atoms with Gasteiger partial charge in [0.15, 0.2) is 0 Å². The van der Waals surface area contributed by atoms with E-state index in [-0.39, 0.29) is 11.3 Å². The third kappa shape index (κ3) is 4.28. The molecule has 2 fully saturated rings. The fraction of sp³-hybridized carbons (Fsp3) is 0.581. The number of benzene rings is 2. The van der Waals surface area contributed by atoms with Crippen LogP contribution in [0, 0.1) is 11.8 Å². The van der Waals surface area contributed by atoms with Gasteiger partial charge >= 0.3 is 0 Å². The molecule has 188 valence electrons.